The Morgan fingerprint density at radius 3 is 2.13 bits per heavy atom. The molecule has 1 amide bonds. The van der Waals surface area contributed by atoms with Crippen molar-refractivity contribution >= 4 is 23.5 Å². The van der Waals surface area contributed by atoms with Crippen molar-refractivity contribution < 1.29 is 27.9 Å². The summed E-state index contributed by atoms with van der Waals surface area (Å²) in [6, 6.07) is 8.14. The lowest BCUT2D eigenvalue weighted by Gasteiger charge is -2.22. The van der Waals surface area contributed by atoms with Gasteiger partial charge in [0, 0.05) is 32.2 Å². The molecule has 0 aromatic heterocycles. The van der Waals surface area contributed by atoms with Crippen LogP contribution in [0.3, 0.4) is 0 Å². The Morgan fingerprint density at radius 2 is 1.60 bits per heavy atom. The van der Waals surface area contributed by atoms with Crippen LogP contribution in [-0.2, 0) is 16.0 Å². The van der Waals surface area contributed by atoms with E-state index in [0.29, 0.717) is 6.54 Å². The minimum absolute atomic E-state index is 0.196. The summed E-state index contributed by atoms with van der Waals surface area (Å²) in [6.07, 6.45) is -1.68. The van der Waals surface area contributed by atoms with Gasteiger partial charge in [0.2, 0.25) is 5.91 Å². The molecule has 1 fully saturated rings. The van der Waals surface area contributed by atoms with Crippen molar-refractivity contribution in [3.63, 3.8) is 0 Å². The van der Waals surface area contributed by atoms with Crippen LogP contribution in [0.1, 0.15) is 18.4 Å². The Hall–Kier alpha value is -1.84. The third-order valence-electron chi connectivity index (χ3n) is 4.63. The largest absolute Gasteiger partial charge is 0.490 e. The van der Waals surface area contributed by atoms with Crippen LogP contribution in [0.4, 0.5) is 13.2 Å². The van der Waals surface area contributed by atoms with Crippen LogP contribution in [0.5, 0.6) is 0 Å². The number of benzene rings is 1. The Morgan fingerprint density at radius 1 is 1.07 bits per heavy atom. The lowest BCUT2D eigenvalue weighted by Crippen LogP contribution is -2.38. The maximum atomic E-state index is 11.8. The van der Waals surface area contributed by atoms with Crippen molar-refractivity contribution in [3.05, 3.63) is 34.9 Å². The van der Waals surface area contributed by atoms with Crippen molar-refractivity contribution in [1.82, 2.24) is 14.7 Å². The zero-order valence-electron chi connectivity index (χ0n) is 17.3. The van der Waals surface area contributed by atoms with Crippen molar-refractivity contribution in [2.24, 2.45) is 0 Å². The van der Waals surface area contributed by atoms with E-state index in [0.717, 1.165) is 57.0 Å². The van der Waals surface area contributed by atoms with Crippen molar-refractivity contribution in [2.75, 3.05) is 53.4 Å². The average molecular weight is 452 g/mol. The number of hydrogen-bond donors (Lipinski definition) is 1. The first kappa shape index (κ1) is 26.2. The topological polar surface area (TPSA) is 64.1 Å². The Bertz CT molecular complexity index is 670. The molecule has 1 N–H and O–H groups in total. The molecule has 1 heterocycles. The summed E-state index contributed by atoms with van der Waals surface area (Å²) in [6.45, 7) is 5.87. The summed E-state index contributed by atoms with van der Waals surface area (Å²) in [5.74, 6) is -2.56. The molecule has 0 aliphatic carbocycles. The lowest BCUT2D eigenvalue weighted by atomic mass is 10.1. The van der Waals surface area contributed by atoms with Crippen LogP contribution in [0, 0.1) is 0 Å². The average Bonchev–Trinajstić information content (AvgIpc) is 2.88. The van der Waals surface area contributed by atoms with E-state index in [4.69, 9.17) is 21.5 Å². The van der Waals surface area contributed by atoms with E-state index in [1.807, 2.05) is 26.2 Å². The SMILES string of the molecule is CN(C)C(=O)CN1CCCN(CCCc2ccc(Cl)cc2)CC1.O=C(O)C(F)(F)F. The van der Waals surface area contributed by atoms with Gasteiger partial charge in [-0.25, -0.2) is 4.79 Å². The first-order valence-electron chi connectivity index (χ1n) is 9.68. The van der Waals surface area contributed by atoms with Crippen LogP contribution in [0.2, 0.25) is 5.02 Å². The summed E-state index contributed by atoms with van der Waals surface area (Å²) in [4.78, 5) is 27.2. The molecule has 170 valence electrons. The van der Waals surface area contributed by atoms with E-state index in [2.05, 4.69) is 21.9 Å². The highest BCUT2D eigenvalue weighted by Crippen LogP contribution is 2.13. The fourth-order valence-electron chi connectivity index (χ4n) is 2.90. The molecule has 0 radical (unpaired) electrons. The molecule has 0 bridgehead atoms. The van der Waals surface area contributed by atoms with E-state index < -0.39 is 12.1 Å². The van der Waals surface area contributed by atoms with Gasteiger partial charge in [-0.3, -0.25) is 9.69 Å². The second kappa shape index (κ2) is 12.8. The van der Waals surface area contributed by atoms with Gasteiger partial charge in [-0.1, -0.05) is 23.7 Å². The number of carboxylic acid groups (broad SMARTS) is 1. The Labute approximate surface area is 180 Å². The van der Waals surface area contributed by atoms with Gasteiger partial charge in [0.15, 0.2) is 0 Å². The monoisotopic (exact) mass is 451 g/mol. The molecule has 1 aliphatic heterocycles. The maximum Gasteiger partial charge on any atom is 0.490 e. The van der Waals surface area contributed by atoms with Gasteiger partial charge in [0.25, 0.3) is 0 Å². The molecule has 10 heteroatoms. The number of amides is 1. The van der Waals surface area contributed by atoms with Gasteiger partial charge in [-0.15, -0.1) is 0 Å². The maximum absolute atomic E-state index is 11.8. The van der Waals surface area contributed by atoms with Gasteiger partial charge in [-0.05, 0) is 56.6 Å². The number of aryl methyl sites for hydroxylation is 1. The van der Waals surface area contributed by atoms with E-state index in [-0.39, 0.29) is 5.91 Å². The van der Waals surface area contributed by atoms with Crippen LogP contribution in [0.15, 0.2) is 24.3 Å². The third-order valence-corrected chi connectivity index (χ3v) is 4.89. The predicted molar refractivity (Wildman–Crippen MR) is 110 cm³/mol. The van der Waals surface area contributed by atoms with Crippen LogP contribution < -0.4 is 0 Å². The summed E-state index contributed by atoms with van der Waals surface area (Å²) in [5.41, 5.74) is 1.35. The molecule has 0 spiro atoms. The van der Waals surface area contributed by atoms with E-state index >= 15 is 0 Å². The first-order valence-corrected chi connectivity index (χ1v) is 10.1. The number of alkyl halides is 3. The molecule has 1 saturated heterocycles. The summed E-state index contributed by atoms with van der Waals surface area (Å²) in [5, 5.41) is 7.92. The number of likely N-dealkylation sites (N-methyl/N-ethyl adjacent to an activating group) is 1. The van der Waals surface area contributed by atoms with Crippen LogP contribution >= 0.6 is 11.6 Å². The van der Waals surface area contributed by atoms with E-state index in [9.17, 15) is 18.0 Å². The second-order valence-corrected chi connectivity index (χ2v) is 7.73. The molecule has 1 aliphatic rings. The fraction of sp³-hybridized carbons (Fsp3) is 0.600. The van der Waals surface area contributed by atoms with Crippen molar-refractivity contribution in [3.8, 4) is 0 Å². The number of carbonyl (C=O) groups excluding carboxylic acids is 1. The summed E-state index contributed by atoms with van der Waals surface area (Å²) < 4.78 is 31.7. The highest BCUT2D eigenvalue weighted by Gasteiger charge is 2.38. The van der Waals surface area contributed by atoms with Gasteiger partial charge in [0.1, 0.15) is 0 Å². The molecule has 0 unspecified atom stereocenters. The normalized spacial score (nSPS) is 15.7. The quantitative estimate of drug-likeness (QED) is 0.720. The molecule has 6 nitrogen and oxygen atoms in total. The lowest BCUT2D eigenvalue weighted by molar-refractivity contribution is -0.192. The third kappa shape index (κ3) is 10.8. The number of rotatable bonds is 6. The molecule has 0 saturated carbocycles. The van der Waals surface area contributed by atoms with Crippen LogP contribution in [0.25, 0.3) is 0 Å². The predicted octanol–water partition coefficient (Wildman–Crippen LogP) is 3.00. The van der Waals surface area contributed by atoms with E-state index in [1.54, 1.807) is 4.90 Å². The fourth-order valence-corrected chi connectivity index (χ4v) is 3.02. The molecule has 1 aromatic rings. The second-order valence-electron chi connectivity index (χ2n) is 7.29. The van der Waals surface area contributed by atoms with Gasteiger partial charge in [0.05, 0.1) is 6.54 Å². The molecule has 0 atom stereocenters. The first-order chi connectivity index (χ1) is 14.0. The highest BCUT2D eigenvalue weighted by molar-refractivity contribution is 6.30. The zero-order chi connectivity index (χ0) is 22.7. The van der Waals surface area contributed by atoms with Crippen molar-refractivity contribution in [2.45, 2.75) is 25.4 Å². The van der Waals surface area contributed by atoms with Gasteiger partial charge < -0.3 is 14.9 Å². The standard InChI is InChI=1S/C18H28ClN3O.C2HF3O2/c1-20(2)18(23)15-22-12-4-11-21(13-14-22)10-3-5-16-6-8-17(19)9-7-16;3-2(4,5)1(6)7/h6-9H,3-5,10-15H2,1-2H3;(H,6,7). The number of halogens is 4. The molecule has 1 aromatic carbocycles. The molecular weight excluding hydrogens is 423 g/mol. The van der Waals surface area contributed by atoms with Crippen LogP contribution in [-0.4, -0.2) is 91.2 Å². The number of carbonyl (C=O) groups is 2. The Kier molecular flexibility index (Phi) is 11.1. The number of carboxylic acids is 1. The smallest absolute Gasteiger partial charge is 0.475 e. The highest BCUT2D eigenvalue weighted by atomic mass is 35.5. The van der Waals surface area contributed by atoms with Gasteiger partial charge in [-0.2, -0.15) is 13.2 Å². The Balaban J connectivity index is 0.000000553. The van der Waals surface area contributed by atoms with Gasteiger partial charge >= 0.3 is 12.1 Å². The number of nitrogens with zero attached hydrogens (tertiary/aromatic N) is 3. The zero-order valence-corrected chi connectivity index (χ0v) is 18.0. The molecule has 2 rings (SSSR count). The number of hydrogen-bond acceptors (Lipinski definition) is 4. The number of aliphatic carboxylic acids is 1. The molecule has 30 heavy (non-hydrogen) atoms. The summed E-state index contributed by atoms with van der Waals surface area (Å²) in [7, 11) is 3.65. The minimum atomic E-state index is -5.08. The summed E-state index contributed by atoms with van der Waals surface area (Å²) >= 11 is 5.91. The van der Waals surface area contributed by atoms with E-state index in [1.165, 1.54) is 5.56 Å². The minimum Gasteiger partial charge on any atom is -0.475 e. The van der Waals surface area contributed by atoms with Crippen molar-refractivity contribution in [1.29, 1.82) is 0 Å². The molecular formula is C20H29ClF3N3O3.